The monoisotopic (exact) mass is 379 g/mol. The van der Waals surface area contributed by atoms with E-state index in [1.165, 1.54) is 18.2 Å². The number of carbonyl (C=O) groups is 2. The van der Waals surface area contributed by atoms with Crippen LogP contribution in [-0.4, -0.2) is 18.5 Å². The zero-order chi connectivity index (χ0) is 16.7. The molecule has 0 aromatic heterocycles. The molecule has 6 heteroatoms. The van der Waals surface area contributed by atoms with E-state index in [2.05, 4.69) is 21.2 Å². The lowest BCUT2D eigenvalue weighted by Crippen LogP contribution is -2.28. The van der Waals surface area contributed by atoms with Crippen molar-refractivity contribution >= 4 is 27.8 Å². The summed E-state index contributed by atoms with van der Waals surface area (Å²) in [5.41, 5.74) is 1.43. The first-order chi connectivity index (χ1) is 11.0. The third-order valence-electron chi connectivity index (χ3n) is 3.04. The smallest absolute Gasteiger partial charge is 0.310 e. The van der Waals surface area contributed by atoms with Crippen LogP contribution >= 0.6 is 15.9 Å². The van der Waals surface area contributed by atoms with Gasteiger partial charge in [-0.3, -0.25) is 9.59 Å². The van der Waals surface area contributed by atoms with Gasteiger partial charge in [0.1, 0.15) is 5.82 Å². The molecule has 0 saturated heterocycles. The van der Waals surface area contributed by atoms with Gasteiger partial charge in [0.05, 0.1) is 6.42 Å². The lowest BCUT2D eigenvalue weighted by Gasteiger charge is -2.08. The van der Waals surface area contributed by atoms with Gasteiger partial charge in [-0.1, -0.05) is 46.3 Å². The molecule has 4 nitrogen and oxygen atoms in total. The van der Waals surface area contributed by atoms with E-state index in [0.29, 0.717) is 12.1 Å². The van der Waals surface area contributed by atoms with Gasteiger partial charge in [0.25, 0.3) is 5.91 Å². The van der Waals surface area contributed by atoms with E-state index in [1.54, 1.807) is 6.07 Å². The van der Waals surface area contributed by atoms with Crippen LogP contribution in [0.2, 0.25) is 0 Å². The van der Waals surface area contributed by atoms with Crippen molar-refractivity contribution in [3.63, 3.8) is 0 Å². The van der Waals surface area contributed by atoms with Crippen molar-refractivity contribution < 1.29 is 18.7 Å². The number of nitrogens with one attached hydrogen (secondary N) is 1. The summed E-state index contributed by atoms with van der Waals surface area (Å²) in [7, 11) is 0. The van der Waals surface area contributed by atoms with E-state index in [4.69, 9.17) is 4.74 Å². The standard InChI is InChI=1S/C17H15BrFNO3/c18-15-7-2-1-5-13(15)10-20-16(21)11-23-17(22)9-12-4-3-6-14(19)8-12/h1-8H,9-11H2,(H,20,21). The van der Waals surface area contributed by atoms with Gasteiger partial charge in [0.2, 0.25) is 0 Å². The van der Waals surface area contributed by atoms with Crippen LogP contribution in [-0.2, 0) is 27.3 Å². The van der Waals surface area contributed by atoms with Crippen molar-refractivity contribution in [2.45, 2.75) is 13.0 Å². The number of hydrogen-bond donors (Lipinski definition) is 1. The van der Waals surface area contributed by atoms with Crippen LogP contribution in [0.25, 0.3) is 0 Å². The molecule has 0 atom stereocenters. The van der Waals surface area contributed by atoms with Crippen LogP contribution in [0.1, 0.15) is 11.1 Å². The quantitative estimate of drug-likeness (QED) is 0.784. The molecule has 120 valence electrons. The summed E-state index contributed by atoms with van der Waals surface area (Å²) in [4.78, 5) is 23.3. The van der Waals surface area contributed by atoms with Crippen LogP contribution < -0.4 is 5.32 Å². The fourth-order valence-electron chi connectivity index (χ4n) is 1.90. The first-order valence-corrected chi connectivity index (χ1v) is 7.74. The number of benzene rings is 2. The highest BCUT2D eigenvalue weighted by Gasteiger charge is 2.09. The van der Waals surface area contributed by atoms with Crippen LogP contribution in [0.3, 0.4) is 0 Å². The van der Waals surface area contributed by atoms with Crippen molar-refractivity contribution in [1.29, 1.82) is 0 Å². The van der Waals surface area contributed by atoms with Gasteiger partial charge in [-0.25, -0.2) is 4.39 Å². The fraction of sp³-hybridized carbons (Fsp3) is 0.176. The Morgan fingerprint density at radius 3 is 2.65 bits per heavy atom. The molecule has 0 aliphatic rings. The zero-order valence-corrected chi connectivity index (χ0v) is 13.8. The van der Waals surface area contributed by atoms with Crippen molar-refractivity contribution in [2.24, 2.45) is 0 Å². The maximum Gasteiger partial charge on any atom is 0.310 e. The van der Waals surface area contributed by atoms with E-state index in [0.717, 1.165) is 10.0 Å². The molecule has 23 heavy (non-hydrogen) atoms. The Kier molecular flexibility index (Phi) is 6.29. The van der Waals surface area contributed by atoms with Crippen molar-refractivity contribution in [3.05, 3.63) is 69.9 Å². The second kappa shape index (κ2) is 8.43. The fourth-order valence-corrected chi connectivity index (χ4v) is 2.32. The van der Waals surface area contributed by atoms with E-state index in [1.807, 2.05) is 24.3 Å². The highest BCUT2D eigenvalue weighted by Crippen LogP contribution is 2.15. The maximum absolute atomic E-state index is 13.0. The molecule has 0 aliphatic heterocycles. The third-order valence-corrected chi connectivity index (χ3v) is 3.81. The van der Waals surface area contributed by atoms with Crippen molar-refractivity contribution in [2.75, 3.05) is 6.61 Å². The number of carbonyl (C=O) groups excluding carboxylic acids is 2. The van der Waals surface area contributed by atoms with Gasteiger partial charge >= 0.3 is 5.97 Å². The number of hydrogen-bond acceptors (Lipinski definition) is 3. The zero-order valence-electron chi connectivity index (χ0n) is 12.2. The molecule has 2 rings (SSSR count). The van der Waals surface area contributed by atoms with Gasteiger partial charge in [-0.15, -0.1) is 0 Å². The van der Waals surface area contributed by atoms with E-state index >= 15 is 0 Å². The van der Waals surface area contributed by atoms with Gasteiger partial charge in [0.15, 0.2) is 6.61 Å². The minimum atomic E-state index is -0.577. The number of amides is 1. The minimum absolute atomic E-state index is 0.0741. The summed E-state index contributed by atoms with van der Waals surface area (Å²) in [5.74, 6) is -1.39. The molecule has 1 amide bonds. The highest BCUT2D eigenvalue weighted by molar-refractivity contribution is 9.10. The summed E-state index contributed by atoms with van der Waals surface area (Å²) in [6, 6.07) is 13.2. The average Bonchev–Trinajstić information content (AvgIpc) is 2.52. The molecule has 0 heterocycles. The molecule has 0 aliphatic carbocycles. The molecule has 0 spiro atoms. The second-order valence-electron chi connectivity index (χ2n) is 4.84. The van der Waals surface area contributed by atoms with Crippen molar-refractivity contribution in [1.82, 2.24) is 5.32 Å². The summed E-state index contributed by atoms with van der Waals surface area (Å²) < 4.78 is 18.8. The number of rotatable bonds is 6. The van der Waals surface area contributed by atoms with E-state index in [9.17, 15) is 14.0 Å². The summed E-state index contributed by atoms with van der Waals surface area (Å²) in [6.45, 7) is -0.0275. The van der Waals surface area contributed by atoms with Crippen LogP contribution in [0.15, 0.2) is 53.0 Å². The van der Waals surface area contributed by atoms with Gasteiger partial charge < -0.3 is 10.1 Å². The molecule has 0 radical (unpaired) electrons. The number of halogens is 2. The molecule has 1 N–H and O–H groups in total. The summed E-state index contributed by atoms with van der Waals surface area (Å²) in [6.07, 6.45) is -0.0741. The summed E-state index contributed by atoms with van der Waals surface area (Å²) >= 11 is 3.38. The molecule has 0 bridgehead atoms. The number of ether oxygens (including phenoxy) is 1. The lowest BCUT2D eigenvalue weighted by molar-refractivity contribution is -0.147. The van der Waals surface area contributed by atoms with Gasteiger partial charge in [0, 0.05) is 11.0 Å². The first-order valence-electron chi connectivity index (χ1n) is 6.95. The predicted molar refractivity (Wildman–Crippen MR) is 87.1 cm³/mol. The Balaban J connectivity index is 1.74. The van der Waals surface area contributed by atoms with E-state index in [-0.39, 0.29) is 13.0 Å². The molecular formula is C17H15BrFNO3. The topological polar surface area (TPSA) is 55.4 Å². The SMILES string of the molecule is O=C(COC(=O)Cc1cccc(F)c1)NCc1ccccc1Br. The first kappa shape index (κ1) is 17.1. The average molecular weight is 380 g/mol. The van der Waals surface area contributed by atoms with Crippen LogP contribution in [0, 0.1) is 5.82 Å². The Morgan fingerprint density at radius 2 is 1.91 bits per heavy atom. The molecule has 2 aromatic carbocycles. The second-order valence-corrected chi connectivity index (χ2v) is 5.69. The minimum Gasteiger partial charge on any atom is -0.455 e. The molecule has 0 saturated carbocycles. The molecule has 0 fully saturated rings. The molecule has 2 aromatic rings. The third kappa shape index (κ3) is 5.83. The van der Waals surface area contributed by atoms with Gasteiger partial charge in [-0.2, -0.15) is 0 Å². The van der Waals surface area contributed by atoms with Crippen LogP contribution in [0.5, 0.6) is 0 Å². The molecule has 0 unspecified atom stereocenters. The molecular weight excluding hydrogens is 365 g/mol. The number of esters is 1. The van der Waals surface area contributed by atoms with Crippen LogP contribution in [0.4, 0.5) is 4.39 Å². The predicted octanol–water partition coefficient (Wildman–Crippen LogP) is 2.99. The Hall–Kier alpha value is -2.21. The Labute approximate surface area is 141 Å². The van der Waals surface area contributed by atoms with E-state index < -0.39 is 17.7 Å². The van der Waals surface area contributed by atoms with Crippen molar-refractivity contribution in [3.8, 4) is 0 Å². The Morgan fingerprint density at radius 1 is 1.13 bits per heavy atom. The van der Waals surface area contributed by atoms with Gasteiger partial charge in [-0.05, 0) is 29.3 Å². The maximum atomic E-state index is 13.0. The lowest BCUT2D eigenvalue weighted by atomic mass is 10.1. The Bertz CT molecular complexity index is 706. The largest absolute Gasteiger partial charge is 0.455 e. The normalized spacial score (nSPS) is 10.2. The highest BCUT2D eigenvalue weighted by atomic mass is 79.9. The summed E-state index contributed by atoms with van der Waals surface area (Å²) in [5, 5.41) is 2.66.